The van der Waals surface area contributed by atoms with Crippen molar-refractivity contribution in [2.24, 2.45) is 5.73 Å². The van der Waals surface area contributed by atoms with Crippen molar-refractivity contribution in [3.8, 4) is 0 Å². The molecule has 4 N–H and O–H groups in total. The van der Waals surface area contributed by atoms with Gasteiger partial charge in [-0.1, -0.05) is 12.1 Å². The maximum atomic E-state index is 13.3. The predicted octanol–water partition coefficient (Wildman–Crippen LogP) is 0.487. The lowest BCUT2D eigenvalue weighted by Gasteiger charge is -2.17. The van der Waals surface area contributed by atoms with Crippen LogP contribution in [0.2, 0.25) is 0 Å². The van der Waals surface area contributed by atoms with Crippen LogP contribution >= 0.6 is 0 Å². The molecule has 0 amide bonds. The standard InChI is InChI=1S/C10H14FNO2/c1-6-2-3-7(8(11)4-6)10(14)9(13)5-12/h2-4,9-10,13-14H,5,12H2,1H3. The van der Waals surface area contributed by atoms with E-state index in [2.05, 4.69) is 0 Å². The van der Waals surface area contributed by atoms with E-state index in [0.717, 1.165) is 5.56 Å². The summed E-state index contributed by atoms with van der Waals surface area (Å²) in [5.41, 5.74) is 6.00. The molecule has 1 aromatic rings. The summed E-state index contributed by atoms with van der Waals surface area (Å²) in [6, 6.07) is 4.43. The Kier molecular flexibility index (Phi) is 3.57. The molecule has 0 saturated carbocycles. The highest BCUT2D eigenvalue weighted by Gasteiger charge is 2.19. The SMILES string of the molecule is Cc1ccc(C(O)C(O)CN)c(F)c1. The van der Waals surface area contributed by atoms with E-state index in [1.54, 1.807) is 13.0 Å². The molecular formula is C10H14FNO2. The molecule has 0 aliphatic carbocycles. The maximum Gasteiger partial charge on any atom is 0.129 e. The van der Waals surface area contributed by atoms with Gasteiger partial charge in [0.25, 0.3) is 0 Å². The summed E-state index contributed by atoms with van der Waals surface area (Å²) >= 11 is 0. The molecule has 0 aliphatic rings. The van der Waals surface area contributed by atoms with E-state index in [9.17, 15) is 14.6 Å². The van der Waals surface area contributed by atoms with Gasteiger partial charge in [0.05, 0.1) is 6.10 Å². The maximum absolute atomic E-state index is 13.3. The van der Waals surface area contributed by atoms with E-state index in [0.29, 0.717) is 0 Å². The zero-order valence-corrected chi connectivity index (χ0v) is 7.94. The summed E-state index contributed by atoms with van der Waals surface area (Å²) in [4.78, 5) is 0. The lowest BCUT2D eigenvalue weighted by atomic mass is 10.0. The zero-order chi connectivity index (χ0) is 10.7. The number of halogens is 1. The van der Waals surface area contributed by atoms with Crippen LogP contribution in [0, 0.1) is 12.7 Å². The normalized spacial score (nSPS) is 15.2. The van der Waals surface area contributed by atoms with Gasteiger partial charge in [-0.3, -0.25) is 0 Å². The highest BCUT2D eigenvalue weighted by atomic mass is 19.1. The Morgan fingerprint density at radius 3 is 2.57 bits per heavy atom. The Labute approximate surface area is 82.0 Å². The van der Waals surface area contributed by atoms with Crippen LogP contribution in [0.1, 0.15) is 17.2 Å². The number of hydrogen-bond donors (Lipinski definition) is 3. The van der Waals surface area contributed by atoms with Gasteiger partial charge in [-0.15, -0.1) is 0 Å². The average molecular weight is 199 g/mol. The van der Waals surface area contributed by atoms with E-state index >= 15 is 0 Å². The highest BCUT2D eigenvalue weighted by Crippen LogP contribution is 2.20. The van der Waals surface area contributed by atoms with E-state index in [1.807, 2.05) is 0 Å². The van der Waals surface area contributed by atoms with Crippen LogP contribution in [0.5, 0.6) is 0 Å². The van der Waals surface area contributed by atoms with Crippen LogP contribution < -0.4 is 5.73 Å². The van der Waals surface area contributed by atoms with Crippen molar-refractivity contribution in [3.63, 3.8) is 0 Å². The summed E-state index contributed by atoms with van der Waals surface area (Å²) in [6.07, 6.45) is -2.40. The second kappa shape index (κ2) is 4.50. The van der Waals surface area contributed by atoms with Gasteiger partial charge in [-0.2, -0.15) is 0 Å². The minimum absolute atomic E-state index is 0.0774. The van der Waals surface area contributed by atoms with Crippen molar-refractivity contribution in [2.75, 3.05) is 6.54 Å². The van der Waals surface area contributed by atoms with Crippen LogP contribution in [0.4, 0.5) is 4.39 Å². The molecule has 0 aliphatic heterocycles. The summed E-state index contributed by atoms with van der Waals surface area (Å²) in [6.45, 7) is 1.65. The summed E-state index contributed by atoms with van der Waals surface area (Å²) in [5.74, 6) is -0.523. The topological polar surface area (TPSA) is 66.5 Å². The number of aliphatic hydroxyl groups is 2. The molecule has 2 atom stereocenters. The molecule has 0 bridgehead atoms. The number of rotatable bonds is 3. The second-order valence-corrected chi connectivity index (χ2v) is 3.27. The molecule has 0 radical (unpaired) electrons. The molecule has 0 fully saturated rings. The highest BCUT2D eigenvalue weighted by molar-refractivity contribution is 5.25. The van der Waals surface area contributed by atoms with Crippen molar-refractivity contribution in [1.29, 1.82) is 0 Å². The third kappa shape index (κ3) is 2.29. The first-order valence-electron chi connectivity index (χ1n) is 4.38. The molecule has 14 heavy (non-hydrogen) atoms. The molecule has 0 aromatic heterocycles. The van der Waals surface area contributed by atoms with E-state index in [1.165, 1.54) is 12.1 Å². The molecule has 3 nitrogen and oxygen atoms in total. The third-order valence-electron chi connectivity index (χ3n) is 2.08. The van der Waals surface area contributed by atoms with Gasteiger partial charge in [0, 0.05) is 12.1 Å². The molecule has 2 unspecified atom stereocenters. The molecular weight excluding hydrogens is 185 g/mol. The van der Waals surface area contributed by atoms with Crippen LogP contribution in [-0.2, 0) is 0 Å². The van der Waals surface area contributed by atoms with Crippen LogP contribution in [0.15, 0.2) is 18.2 Å². The van der Waals surface area contributed by atoms with Gasteiger partial charge < -0.3 is 15.9 Å². The van der Waals surface area contributed by atoms with Crippen molar-refractivity contribution >= 4 is 0 Å². The van der Waals surface area contributed by atoms with Gasteiger partial charge in [0.2, 0.25) is 0 Å². The Hall–Kier alpha value is -0.970. The molecule has 1 rings (SSSR count). The van der Waals surface area contributed by atoms with E-state index < -0.39 is 18.0 Å². The lowest BCUT2D eigenvalue weighted by Crippen LogP contribution is -2.27. The number of aryl methyl sites for hydroxylation is 1. The van der Waals surface area contributed by atoms with E-state index in [4.69, 9.17) is 5.73 Å². The largest absolute Gasteiger partial charge is 0.389 e. The minimum atomic E-state index is -1.26. The fourth-order valence-corrected chi connectivity index (χ4v) is 1.21. The number of nitrogens with two attached hydrogens (primary N) is 1. The van der Waals surface area contributed by atoms with Crippen LogP contribution in [0.3, 0.4) is 0 Å². The smallest absolute Gasteiger partial charge is 0.129 e. The van der Waals surface area contributed by atoms with Crippen LogP contribution in [0.25, 0.3) is 0 Å². The van der Waals surface area contributed by atoms with Gasteiger partial charge in [0.15, 0.2) is 0 Å². The fourth-order valence-electron chi connectivity index (χ4n) is 1.21. The van der Waals surface area contributed by atoms with Crippen molar-refractivity contribution in [1.82, 2.24) is 0 Å². The fraction of sp³-hybridized carbons (Fsp3) is 0.400. The zero-order valence-electron chi connectivity index (χ0n) is 7.94. The number of aliphatic hydroxyl groups excluding tert-OH is 2. The minimum Gasteiger partial charge on any atom is -0.389 e. The Morgan fingerprint density at radius 2 is 2.07 bits per heavy atom. The molecule has 0 heterocycles. The Bertz CT molecular complexity index is 317. The van der Waals surface area contributed by atoms with Crippen molar-refractivity contribution in [2.45, 2.75) is 19.1 Å². The average Bonchev–Trinajstić information content (AvgIpc) is 2.15. The molecule has 4 heteroatoms. The molecule has 78 valence electrons. The number of benzene rings is 1. The molecule has 1 aromatic carbocycles. The first-order valence-corrected chi connectivity index (χ1v) is 4.38. The predicted molar refractivity (Wildman–Crippen MR) is 51.2 cm³/mol. The quantitative estimate of drug-likeness (QED) is 0.663. The summed E-state index contributed by atoms with van der Waals surface area (Å²) in [5, 5.41) is 18.7. The van der Waals surface area contributed by atoms with Gasteiger partial charge >= 0.3 is 0 Å². The molecule has 0 saturated heterocycles. The number of hydrogen-bond acceptors (Lipinski definition) is 3. The monoisotopic (exact) mass is 199 g/mol. The Balaban J connectivity index is 2.95. The lowest BCUT2D eigenvalue weighted by molar-refractivity contribution is 0.0222. The Morgan fingerprint density at radius 1 is 1.43 bits per heavy atom. The van der Waals surface area contributed by atoms with Gasteiger partial charge in [-0.05, 0) is 18.6 Å². The van der Waals surface area contributed by atoms with Gasteiger partial charge in [0.1, 0.15) is 11.9 Å². The van der Waals surface area contributed by atoms with E-state index in [-0.39, 0.29) is 12.1 Å². The third-order valence-corrected chi connectivity index (χ3v) is 2.08. The van der Waals surface area contributed by atoms with Crippen molar-refractivity contribution in [3.05, 3.63) is 35.1 Å². The van der Waals surface area contributed by atoms with Gasteiger partial charge in [-0.25, -0.2) is 4.39 Å². The summed E-state index contributed by atoms with van der Waals surface area (Å²) in [7, 11) is 0. The first kappa shape index (κ1) is 11.1. The molecule has 0 spiro atoms. The van der Waals surface area contributed by atoms with Crippen LogP contribution in [-0.4, -0.2) is 22.9 Å². The second-order valence-electron chi connectivity index (χ2n) is 3.27. The van der Waals surface area contributed by atoms with Crippen molar-refractivity contribution < 1.29 is 14.6 Å². The summed E-state index contributed by atoms with van der Waals surface area (Å²) < 4.78 is 13.3. The first-order chi connectivity index (χ1) is 6.56.